The Balaban J connectivity index is 2.42. The van der Waals surface area contributed by atoms with Crippen molar-refractivity contribution >= 4 is 15.9 Å². The summed E-state index contributed by atoms with van der Waals surface area (Å²) in [6.07, 6.45) is 2.78. The molecule has 17 heavy (non-hydrogen) atoms. The number of rotatable bonds is 3. The number of hydrogen-bond donors (Lipinski definition) is 1. The van der Waals surface area contributed by atoms with E-state index in [9.17, 15) is 0 Å². The summed E-state index contributed by atoms with van der Waals surface area (Å²) in [6.45, 7) is 4.80. The molecule has 2 aromatic rings. The molecule has 0 saturated carbocycles. The third-order valence-corrected chi connectivity index (χ3v) is 3.38. The second-order valence-electron chi connectivity index (χ2n) is 4.20. The fourth-order valence-electron chi connectivity index (χ4n) is 1.88. The lowest BCUT2D eigenvalue weighted by Gasteiger charge is -2.06. The first kappa shape index (κ1) is 12.3. The first-order valence-electron chi connectivity index (χ1n) is 5.63. The first-order chi connectivity index (χ1) is 8.11. The van der Waals surface area contributed by atoms with Crippen LogP contribution >= 0.6 is 15.9 Å². The van der Waals surface area contributed by atoms with E-state index in [1.807, 2.05) is 10.9 Å². The van der Waals surface area contributed by atoms with Gasteiger partial charge in [-0.05, 0) is 48.0 Å². The van der Waals surface area contributed by atoms with E-state index in [4.69, 9.17) is 5.73 Å². The Morgan fingerprint density at radius 1 is 1.35 bits per heavy atom. The van der Waals surface area contributed by atoms with Crippen molar-refractivity contribution in [2.24, 2.45) is 5.73 Å². The second-order valence-corrected chi connectivity index (χ2v) is 5.05. The molecule has 0 atom stereocenters. The van der Waals surface area contributed by atoms with Crippen molar-refractivity contribution in [1.29, 1.82) is 0 Å². The molecule has 2 N–H and O–H groups in total. The number of aromatic nitrogens is 2. The van der Waals surface area contributed by atoms with Crippen molar-refractivity contribution in [2.45, 2.75) is 20.3 Å². The Bertz CT molecular complexity index is 531. The lowest BCUT2D eigenvalue weighted by molar-refractivity contribution is 0.817. The van der Waals surface area contributed by atoms with Gasteiger partial charge in [-0.15, -0.1) is 0 Å². The maximum absolute atomic E-state index is 5.56. The van der Waals surface area contributed by atoms with Crippen LogP contribution in [0.5, 0.6) is 0 Å². The van der Waals surface area contributed by atoms with Crippen LogP contribution in [0.4, 0.5) is 0 Å². The van der Waals surface area contributed by atoms with E-state index in [1.165, 1.54) is 11.1 Å². The maximum atomic E-state index is 5.56. The SMILES string of the molecule is Cc1ccc(-n2cc(Br)c(CCN)n2)c(C)c1. The fourth-order valence-corrected chi connectivity index (χ4v) is 2.35. The molecule has 3 nitrogen and oxygen atoms in total. The zero-order valence-electron chi connectivity index (χ0n) is 10.1. The Labute approximate surface area is 110 Å². The summed E-state index contributed by atoms with van der Waals surface area (Å²) >= 11 is 3.52. The van der Waals surface area contributed by atoms with Crippen LogP contribution in [0.15, 0.2) is 28.9 Å². The molecule has 1 heterocycles. The summed E-state index contributed by atoms with van der Waals surface area (Å²) in [5.41, 5.74) is 10.2. The van der Waals surface area contributed by atoms with Crippen LogP contribution in [-0.2, 0) is 6.42 Å². The predicted molar refractivity (Wildman–Crippen MR) is 73.5 cm³/mol. The van der Waals surface area contributed by atoms with Gasteiger partial charge >= 0.3 is 0 Å². The Morgan fingerprint density at radius 3 is 2.76 bits per heavy atom. The molecule has 0 fully saturated rings. The molecule has 0 bridgehead atoms. The molecule has 0 aliphatic rings. The number of aryl methyl sites for hydroxylation is 2. The molecule has 0 aliphatic carbocycles. The van der Waals surface area contributed by atoms with Gasteiger partial charge in [0.15, 0.2) is 0 Å². The molecule has 0 amide bonds. The summed E-state index contributed by atoms with van der Waals surface area (Å²) in [5.74, 6) is 0. The third-order valence-electron chi connectivity index (χ3n) is 2.72. The molecule has 0 spiro atoms. The van der Waals surface area contributed by atoms with Gasteiger partial charge < -0.3 is 5.73 Å². The van der Waals surface area contributed by atoms with Crippen LogP contribution < -0.4 is 5.73 Å². The standard InChI is InChI=1S/C13H16BrN3/c1-9-3-4-13(10(2)7-9)17-8-11(14)12(16-17)5-6-15/h3-4,7-8H,5-6,15H2,1-2H3. The highest BCUT2D eigenvalue weighted by molar-refractivity contribution is 9.10. The van der Waals surface area contributed by atoms with Gasteiger partial charge in [0.25, 0.3) is 0 Å². The van der Waals surface area contributed by atoms with E-state index in [0.717, 1.165) is 22.3 Å². The quantitative estimate of drug-likeness (QED) is 0.946. The lowest BCUT2D eigenvalue weighted by atomic mass is 10.1. The smallest absolute Gasteiger partial charge is 0.0783 e. The van der Waals surface area contributed by atoms with Gasteiger partial charge in [0, 0.05) is 12.6 Å². The fraction of sp³-hybridized carbons (Fsp3) is 0.308. The third kappa shape index (κ3) is 2.58. The van der Waals surface area contributed by atoms with Crippen LogP contribution in [0.25, 0.3) is 5.69 Å². The molecular formula is C13H16BrN3. The zero-order chi connectivity index (χ0) is 12.4. The lowest BCUT2D eigenvalue weighted by Crippen LogP contribution is -2.05. The number of halogens is 1. The molecule has 4 heteroatoms. The highest BCUT2D eigenvalue weighted by Crippen LogP contribution is 2.20. The highest BCUT2D eigenvalue weighted by atomic mass is 79.9. The summed E-state index contributed by atoms with van der Waals surface area (Å²) in [5, 5.41) is 4.55. The molecule has 90 valence electrons. The minimum atomic E-state index is 0.614. The molecule has 2 rings (SSSR count). The highest BCUT2D eigenvalue weighted by Gasteiger charge is 2.08. The van der Waals surface area contributed by atoms with E-state index in [1.54, 1.807) is 0 Å². The van der Waals surface area contributed by atoms with E-state index >= 15 is 0 Å². The average molecular weight is 294 g/mol. The van der Waals surface area contributed by atoms with Crippen LogP contribution in [-0.4, -0.2) is 16.3 Å². The predicted octanol–water partition coefficient (Wildman–Crippen LogP) is 2.75. The van der Waals surface area contributed by atoms with Crippen molar-refractivity contribution in [3.05, 3.63) is 45.7 Å². The zero-order valence-corrected chi connectivity index (χ0v) is 11.7. The maximum Gasteiger partial charge on any atom is 0.0783 e. The Morgan fingerprint density at radius 2 is 2.12 bits per heavy atom. The number of nitrogens with zero attached hydrogens (tertiary/aromatic N) is 2. The molecule has 0 aliphatic heterocycles. The molecule has 0 radical (unpaired) electrons. The minimum absolute atomic E-state index is 0.614. The normalized spacial score (nSPS) is 10.8. The van der Waals surface area contributed by atoms with Crippen molar-refractivity contribution in [3.8, 4) is 5.69 Å². The Kier molecular flexibility index (Phi) is 3.64. The van der Waals surface area contributed by atoms with Gasteiger partial charge in [0.05, 0.1) is 15.9 Å². The van der Waals surface area contributed by atoms with E-state index in [0.29, 0.717) is 6.54 Å². The number of nitrogens with two attached hydrogens (primary N) is 1. The summed E-state index contributed by atoms with van der Waals surface area (Å²) in [7, 11) is 0. The van der Waals surface area contributed by atoms with Crippen LogP contribution in [0.2, 0.25) is 0 Å². The topological polar surface area (TPSA) is 43.8 Å². The van der Waals surface area contributed by atoms with E-state index in [2.05, 4.69) is 53.1 Å². The molecule has 1 aromatic carbocycles. The minimum Gasteiger partial charge on any atom is -0.330 e. The molecule has 1 aromatic heterocycles. The van der Waals surface area contributed by atoms with Gasteiger partial charge in [0.1, 0.15) is 0 Å². The van der Waals surface area contributed by atoms with Gasteiger partial charge in [0.2, 0.25) is 0 Å². The van der Waals surface area contributed by atoms with Crippen molar-refractivity contribution in [1.82, 2.24) is 9.78 Å². The van der Waals surface area contributed by atoms with Crippen molar-refractivity contribution in [2.75, 3.05) is 6.54 Å². The Hall–Kier alpha value is -1.13. The van der Waals surface area contributed by atoms with Crippen LogP contribution in [0.1, 0.15) is 16.8 Å². The van der Waals surface area contributed by atoms with Crippen LogP contribution in [0.3, 0.4) is 0 Å². The van der Waals surface area contributed by atoms with Crippen molar-refractivity contribution in [3.63, 3.8) is 0 Å². The first-order valence-corrected chi connectivity index (χ1v) is 6.43. The summed E-state index contributed by atoms with van der Waals surface area (Å²) < 4.78 is 2.92. The molecular weight excluding hydrogens is 278 g/mol. The average Bonchev–Trinajstić information content (AvgIpc) is 2.60. The van der Waals surface area contributed by atoms with Gasteiger partial charge in [-0.25, -0.2) is 4.68 Å². The second kappa shape index (κ2) is 5.02. The van der Waals surface area contributed by atoms with Crippen LogP contribution in [0, 0.1) is 13.8 Å². The number of benzene rings is 1. The van der Waals surface area contributed by atoms with Crippen molar-refractivity contribution < 1.29 is 0 Å². The van der Waals surface area contributed by atoms with Gasteiger partial charge in [-0.2, -0.15) is 5.10 Å². The monoisotopic (exact) mass is 293 g/mol. The van der Waals surface area contributed by atoms with E-state index < -0.39 is 0 Å². The largest absolute Gasteiger partial charge is 0.330 e. The van der Waals surface area contributed by atoms with Gasteiger partial charge in [-0.1, -0.05) is 17.7 Å². The number of hydrogen-bond acceptors (Lipinski definition) is 2. The summed E-state index contributed by atoms with van der Waals surface area (Å²) in [6, 6.07) is 6.35. The van der Waals surface area contributed by atoms with Gasteiger partial charge in [-0.3, -0.25) is 0 Å². The molecule has 0 unspecified atom stereocenters. The van der Waals surface area contributed by atoms with E-state index in [-0.39, 0.29) is 0 Å². The molecule has 0 saturated heterocycles. The summed E-state index contributed by atoms with van der Waals surface area (Å²) in [4.78, 5) is 0.